The Morgan fingerprint density at radius 2 is 1.84 bits per heavy atom. The molecule has 1 amide bonds. The molecule has 2 N–H and O–H groups in total. The van der Waals surface area contributed by atoms with Crippen molar-refractivity contribution in [3.63, 3.8) is 0 Å². The van der Waals surface area contributed by atoms with Crippen molar-refractivity contribution in [2.45, 2.75) is 33.0 Å². The molecule has 1 aliphatic heterocycles. The molecule has 1 unspecified atom stereocenters. The summed E-state index contributed by atoms with van der Waals surface area (Å²) in [6.07, 6.45) is 1.10. The van der Waals surface area contributed by atoms with E-state index in [4.69, 9.17) is 4.42 Å². The fourth-order valence-corrected chi connectivity index (χ4v) is 3.81. The number of hydrogen-bond acceptors (Lipinski definition) is 7. The van der Waals surface area contributed by atoms with Gasteiger partial charge in [0.1, 0.15) is 6.26 Å². The fourth-order valence-electron chi connectivity index (χ4n) is 3.81. The zero-order valence-corrected chi connectivity index (χ0v) is 18.7. The number of aliphatic hydroxyl groups is 1. The summed E-state index contributed by atoms with van der Waals surface area (Å²) in [6, 6.07) is 9.78. The predicted octanol–water partition coefficient (Wildman–Crippen LogP) is 1.42. The lowest BCUT2D eigenvalue weighted by Gasteiger charge is -2.35. The average molecular weight is 430 g/mol. The summed E-state index contributed by atoms with van der Waals surface area (Å²) < 4.78 is 5.53. The first-order valence-corrected chi connectivity index (χ1v) is 11.2. The number of hydrogen-bond donors (Lipinski definition) is 2. The van der Waals surface area contributed by atoms with Crippen LogP contribution in [0.15, 0.2) is 41.0 Å². The molecule has 31 heavy (non-hydrogen) atoms. The molecular formula is C23H35N5O3. The zero-order valence-electron chi connectivity index (χ0n) is 18.7. The lowest BCUT2D eigenvalue weighted by atomic mass is 10.2. The fraction of sp³-hybridized carbons (Fsp3) is 0.565. The molecule has 8 nitrogen and oxygen atoms in total. The molecule has 1 aliphatic rings. The molecule has 1 atom stereocenters. The summed E-state index contributed by atoms with van der Waals surface area (Å²) in [7, 11) is 0. The summed E-state index contributed by atoms with van der Waals surface area (Å²) in [6.45, 7) is 12.2. The summed E-state index contributed by atoms with van der Waals surface area (Å²) in [4.78, 5) is 23.5. The van der Waals surface area contributed by atoms with Crippen LogP contribution in [-0.4, -0.2) is 89.2 Å². The molecule has 8 heteroatoms. The number of likely N-dealkylation sites (N-methyl/N-ethyl adjacent to an activating group) is 1. The maximum atomic E-state index is 12.3. The first-order valence-electron chi connectivity index (χ1n) is 11.2. The third-order valence-corrected chi connectivity index (χ3v) is 5.74. The van der Waals surface area contributed by atoms with Crippen molar-refractivity contribution >= 4 is 5.91 Å². The second-order valence-corrected chi connectivity index (χ2v) is 8.01. The van der Waals surface area contributed by atoms with Gasteiger partial charge in [0.15, 0.2) is 5.69 Å². The van der Waals surface area contributed by atoms with E-state index in [0.717, 1.165) is 51.4 Å². The topological polar surface area (TPSA) is 85.1 Å². The van der Waals surface area contributed by atoms with Crippen LogP contribution in [0.1, 0.15) is 35.8 Å². The second kappa shape index (κ2) is 12.0. The van der Waals surface area contributed by atoms with Crippen LogP contribution in [0.4, 0.5) is 0 Å². The van der Waals surface area contributed by atoms with E-state index < -0.39 is 0 Å². The second-order valence-electron chi connectivity index (χ2n) is 8.01. The highest BCUT2D eigenvalue weighted by atomic mass is 16.3. The maximum absolute atomic E-state index is 12.3. The molecule has 1 aromatic heterocycles. The van der Waals surface area contributed by atoms with E-state index in [1.165, 1.54) is 6.26 Å². The summed E-state index contributed by atoms with van der Waals surface area (Å²) in [5, 5.41) is 13.2. The molecule has 0 aliphatic carbocycles. The van der Waals surface area contributed by atoms with Crippen molar-refractivity contribution in [3.05, 3.63) is 53.7 Å². The van der Waals surface area contributed by atoms with Gasteiger partial charge in [-0.25, -0.2) is 4.98 Å². The number of aromatic nitrogens is 1. The Bertz CT molecular complexity index is 786. The van der Waals surface area contributed by atoms with E-state index >= 15 is 0 Å². The first-order chi connectivity index (χ1) is 15.1. The minimum atomic E-state index is -0.324. The van der Waals surface area contributed by atoms with Gasteiger partial charge in [-0.3, -0.25) is 14.6 Å². The van der Waals surface area contributed by atoms with Crippen LogP contribution < -0.4 is 5.32 Å². The quantitative estimate of drug-likeness (QED) is 0.559. The first kappa shape index (κ1) is 23.4. The Labute approximate surface area is 184 Å². The smallest absolute Gasteiger partial charge is 0.273 e. The van der Waals surface area contributed by atoms with Gasteiger partial charge >= 0.3 is 0 Å². The van der Waals surface area contributed by atoms with Crippen LogP contribution in [0.2, 0.25) is 0 Å². The highest BCUT2D eigenvalue weighted by Gasteiger charge is 2.22. The van der Waals surface area contributed by atoms with Crippen molar-refractivity contribution in [2.75, 3.05) is 52.4 Å². The lowest BCUT2D eigenvalue weighted by molar-refractivity contribution is 0.0491. The van der Waals surface area contributed by atoms with Crippen molar-refractivity contribution in [1.29, 1.82) is 0 Å². The lowest BCUT2D eigenvalue weighted by Crippen LogP contribution is -2.49. The molecule has 1 fully saturated rings. The number of benzene rings is 1. The van der Waals surface area contributed by atoms with E-state index in [1.54, 1.807) is 0 Å². The van der Waals surface area contributed by atoms with E-state index in [1.807, 2.05) is 30.3 Å². The number of rotatable bonds is 11. The van der Waals surface area contributed by atoms with E-state index in [2.05, 4.69) is 38.8 Å². The minimum absolute atomic E-state index is 0.231. The molecule has 2 heterocycles. The normalized spacial score (nSPS) is 16.5. The third-order valence-electron chi connectivity index (χ3n) is 5.74. The largest absolute Gasteiger partial charge is 0.447 e. The number of nitrogens with one attached hydrogen (secondary N) is 1. The van der Waals surface area contributed by atoms with Gasteiger partial charge in [-0.15, -0.1) is 0 Å². The average Bonchev–Trinajstić information content (AvgIpc) is 3.26. The summed E-state index contributed by atoms with van der Waals surface area (Å²) >= 11 is 0. The Hall–Kier alpha value is -2.26. The summed E-state index contributed by atoms with van der Waals surface area (Å²) in [5.41, 5.74) is 1.35. The maximum Gasteiger partial charge on any atom is 0.273 e. The van der Waals surface area contributed by atoms with Gasteiger partial charge in [0.2, 0.25) is 5.89 Å². The van der Waals surface area contributed by atoms with Crippen LogP contribution in [0, 0.1) is 0 Å². The molecule has 2 aromatic rings. The highest BCUT2D eigenvalue weighted by Crippen LogP contribution is 2.10. The van der Waals surface area contributed by atoms with Crippen LogP contribution in [0.5, 0.6) is 0 Å². The van der Waals surface area contributed by atoms with E-state index in [9.17, 15) is 9.90 Å². The Morgan fingerprint density at radius 3 is 2.52 bits per heavy atom. The van der Waals surface area contributed by atoms with Gasteiger partial charge in [0.05, 0.1) is 12.6 Å². The molecule has 3 rings (SSSR count). The molecule has 1 aromatic carbocycles. The number of aliphatic hydroxyl groups excluding tert-OH is 1. The molecule has 1 saturated heterocycles. The Morgan fingerprint density at radius 1 is 1.16 bits per heavy atom. The third kappa shape index (κ3) is 7.43. The zero-order chi connectivity index (χ0) is 22.1. The molecule has 0 radical (unpaired) electrons. The molecule has 0 spiro atoms. The number of piperazine rings is 1. The van der Waals surface area contributed by atoms with Gasteiger partial charge in [-0.1, -0.05) is 44.2 Å². The number of amides is 1. The molecular weight excluding hydrogens is 394 g/mol. The van der Waals surface area contributed by atoms with Crippen LogP contribution in [0.3, 0.4) is 0 Å². The number of nitrogens with zero attached hydrogens (tertiary/aromatic N) is 4. The van der Waals surface area contributed by atoms with Crippen LogP contribution >= 0.6 is 0 Å². The predicted molar refractivity (Wildman–Crippen MR) is 120 cm³/mol. The van der Waals surface area contributed by atoms with Crippen molar-refractivity contribution < 1.29 is 14.3 Å². The van der Waals surface area contributed by atoms with E-state index in [-0.39, 0.29) is 12.0 Å². The van der Waals surface area contributed by atoms with Crippen molar-refractivity contribution in [3.8, 4) is 0 Å². The number of oxazole rings is 1. The van der Waals surface area contributed by atoms with Crippen molar-refractivity contribution in [2.24, 2.45) is 0 Å². The highest BCUT2D eigenvalue weighted by molar-refractivity contribution is 5.91. The molecule has 170 valence electrons. The van der Waals surface area contributed by atoms with E-state index in [0.29, 0.717) is 31.2 Å². The summed E-state index contributed by atoms with van der Waals surface area (Å²) in [5.74, 6) is 0.325. The van der Waals surface area contributed by atoms with Gasteiger partial charge < -0.3 is 19.7 Å². The standard InChI is InChI=1S/C23H35N5O3/c1-3-26(4-2)15-20(29)16-27-10-12-28(13-11-27)17-22-25-21(18-31-22)23(30)24-14-19-8-6-5-7-9-19/h5-9,18,20,29H,3-4,10-17H2,1-2H3,(H,24,30). The van der Waals surface area contributed by atoms with Gasteiger partial charge in [-0.05, 0) is 18.7 Å². The van der Waals surface area contributed by atoms with Crippen LogP contribution in [-0.2, 0) is 13.1 Å². The molecule has 0 bridgehead atoms. The number of carbonyl (C=O) groups excluding carboxylic acids is 1. The van der Waals surface area contributed by atoms with Gasteiger partial charge in [0, 0.05) is 45.8 Å². The number of β-amino-alcohol motifs (C(OH)–C–C–N with tert-alkyl or cyclic N) is 1. The Kier molecular flexibility index (Phi) is 9.02. The van der Waals surface area contributed by atoms with Gasteiger partial charge in [-0.2, -0.15) is 0 Å². The minimum Gasteiger partial charge on any atom is -0.447 e. The van der Waals surface area contributed by atoms with Crippen molar-refractivity contribution in [1.82, 2.24) is 25.0 Å². The van der Waals surface area contributed by atoms with Gasteiger partial charge in [0.25, 0.3) is 5.91 Å². The number of carbonyl (C=O) groups is 1. The van der Waals surface area contributed by atoms with Crippen LogP contribution in [0.25, 0.3) is 0 Å². The molecule has 0 saturated carbocycles. The SMILES string of the molecule is CCN(CC)CC(O)CN1CCN(Cc2nc(C(=O)NCc3ccccc3)co2)CC1. The Balaban J connectivity index is 1.39. The monoisotopic (exact) mass is 429 g/mol.